The SMILES string of the molecule is Cc1cc2c(cc1S(=O)(=O)N1CCC[C@H]1C(=O)N1CCC(C)CC1)OCC(=O)N2. The van der Waals surface area contributed by atoms with Crippen LogP contribution < -0.4 is 10.1 Å². The van der Waals surface area contributed by atoms with Gasteiger partial charge in [0, 0.05) is 25.7 Å². The molecule has 0 radical (unpaired) electrons. The lowest BCUT2D eigenvalue weighted by atomic mass is 9.98. The molecule has 0 aromatic heterocycles. The topological polar surface area (TPSA) is 96.0 Å². The molecule has 3 heterocycles. The highest BCUT2D eigenvalue weighted by Gasteiger charge is 2.42. The van der Waals surface area contributed by atoms with Gasteiger partial charge in [-0.15, -0.1) is 0 Å². The second kappa shape index (κ2) is 7.60. The van der Waals surface area contributed by atoms with Gasteiger partial charge in [0.2, 0.25) is 15.9 Å². The lowest BCUT2D eigenvalue weighted by Crippen LogP contribution is -2.49. The van der Waals surface area contributed by atoms with Crippen LogP contribution in [-0.4, -0.2) is 61.7 Å². The Morgan fingerprint density at radius 2 is 1.90 bits per heavy atom. The number of hydrogen-bond acceptors (Lipinski definition) is 5. The second-order valence-corrected chi connectivity index (χ2v) is 10.1. The van der Waals surface area contributed by atoms with Crippen molar-refractivity contribution >= 4 is 27.5 Å². The third-order valence-corrected chi connectivity index (χ3v) is 8.13. The van der Waals surface area contributed by atoms with Crippen molar-refractivity contribution in [1.82, 2.24) is 9.21 Å². The summed E-state index contributed by atoms with van der Waals surface area (Å²) < 4.78 is 33.7. The molecule has 0 aliphatic carbocycles. The van der Waals surface area contributed by atoms with Gasteiger partial charge in [-0.2, -0.15) is 4.31 Å². The number of carbonyl (C=O) groups excluding carboxylic acids is 2. The first-order valence-electron chi connectivity index (χ1n) is 10.2. The van der Waals surface area contributed by atoms with E-state index in [2.05, 4.69) is 12.2 Å². The first-order chi connectivity index (χ1) is 13.8. The average Bonchev–Trinajstić information content (AvgIpc) is 3.18. The predicted octanol–water partition coefficient (Wildman–Crippen LogP) is 1.74. The standard InChI is InChI=1S/C20H27N3O5S/c1-13-5-8-22(9-6-13)20(25)16-4-3-7-23(16)29(26,27)18-11-17-15(10-14(18)2)21-19(24)12-28-17/h10-11,13,16H,3-9,12H2,1-2H3,(H,21,24)/t16-/m0/s1. The number of nitrogens with one attached hydrogen (secondary N) is 1. The maximum atomic E-state index is 13.5. The van der Waals surface area contributed by atoms with Crippen LogP contribution in [0, 0.1) is 12.8 Å². The maximum Gasteiger partial charge on any atom is 0.262 e. The Morgan fingerprint density at radius 3 is 2.62 bits per heavy atom. The predicted molar refractivity (Wildman–Crippen MR) is 107 cm³/mol. The highest BCUT2D eigenvalue weighted by molar-refractivity contribution is 7.89. The largest absolute Gasteiger partial charge is 0.482 e. The first kappa shape index (κ1) is 20.2. The summed E-state index contributed by atoms with van der Waals surface area (Å²) in [7, 11) is -3.87. The Hall–Kier alpha value is -2.13. The van der Waals surface area contributed by atoms with Crippen LogP contribution in [0.15, 0.2) is 17.0 Å². The van der Waals surface area contributed by atoms with E-state index >= 15 is 0 Å². The highest BCUT2D eigenvalue weighted by Crippen LogP contribution is 2.36. The van der Waals surface area contributed by atoms with Crippen molar-refractivity contribution in [2.24, 2.45) is 5.92 Å². The molecule has 2 saturated heterocycles. The Balaban J connectivity index is 1.61. The number of hydrogen-bond donors (Lipinski definition) is 1. The molecule has 1 atom stereocenters. The zero-order chi connectivity index (χ0) is 20.8. The number of rotatable bonds is 3. The zero-order valence-corrected chi connectivity index (χ0v) is 17.6. The molecule has 29 heavy (non-hydrogen) atoms. The van der Waals surface area contributed by atoms with Crippen LogP contribution in [0.5, 0.6) is 5.75 Å². The first-order valence-corrected chi connectivity index (χ1v) is 11.6. The van der Waals surface area contributed by atoms with Crippen LogP contribution in [-0.2, 0) is 19.6 Å². The van der Waals surface area contributed by atoms with Gasteiger partial charge in [0.25, 0.3) is 5.91 Å². The molecule has 9 heteroatoms. The fourth-order valence-corrected chi connectivity index (χ4v) is 6.21. The minimum absolute atomic E-state index is 0.0860. The van der Waals surface area contributed by atoms with Gasteiger partial charge in [0.15, 0.2) is 6.61 Å². The number of fused-ring (bicyclic) bond motifs is 1. The molecule has 158 valence electrons. The number of benzene rings is 1. The molecule has 3 aliphatic rings. The van der Waals surface area contributed by atoms with Crippen molar-refractivity contribution in [3.63, 3.8) is 0 Å². The smallest absolute Gasteiger partial charge is 0.262 e. The van der Waals surface area contributed by atoms with Crippen LogP contribution in [0.25, 0.3) is 0 Å². The van der Waals surface area contributed by atoms with Crippen molar-refractivity contribution in [2.45, 2.75) is 50.5 Å². The second-order valence-electron chi connectivity index (χ2n) is 8.23. The number of amides is 2. The molecular formula is C20H27N3O5S. The van der Waals surface area contributed by atoms with Gasteiger partial charge in [0.05, 0.1) is 10.6 Å². The summed E-state index contributed by atoms with van der Waals surface area (Å²) in [6.07, 6.45) is 3.12. The Bertz CT molecular complexity index is 938. The normalized spacial score (nSPS) is 23.4. The van der Waals surface area contributed by atoms with E-state index in [4.69, 9.17) is 4.74 Å². The van der Waals surface area contributed by atoms with Crippen LogP contribution >= 0.6 is 0 Å². The number of ether oxygens (including phenoxy) is 1. The number of aryl methyl sites for hydroxylation is 1. The van der Waals surface area contributed by atoms with Crippen LogP contribution in [0.2, 0.25) is 0 Å². The number of anilines is 1. The molecule has 1 aromatic carbocycles. The van der Waals surface area contributed by atoms with Gasteiger partial charge in [-0.25, -0.2) is 8.42 Å². The van der Waals surface area contributed by atoms with Gasteiger partial charge in [-0.1, -0.05) is 6.92 Å². The minimum Gasteiger partial charge on any atom is -0.482 e. The van der Waals surface area contributed by atoms with E-state index in [9.17, 15) is 18.0 Å². The summed E-state index contributed by atoms with van der Waals surface area (Å²) in [5, 5.41) is 2.69. The summed E-state index contributed by atoms with van der Waals surface area (Å²) in [5.74, 6) is 0.577. The fourth-order valence-electron chi connectivity index (χ4n) is 4.33. The monoisotopic (exact) mass is 421 g/mol. The fraction of sp³-hybridized carbons (Fsp3) is 0.600. The quantitative estimate of drug-likeness (QED) is 0.802. The van der Waals surface area contributed by atoms with Crippen molar-refractivity contribution in [3.8, 4) is 5.75 Å². The van der Waals surface area contributed by atoms with Gasteiger partial charge in [0.1, 0.15) is 11.8 Å². The number of piperidine rings is 1. The number of nitrogens with zero attached hydrogens (tertiary/aromatic N) is 2. The Morgan fingerprint density at radius 1 is 1.17 bits per heavy atom. The molecule has 4 rings (SSSR count). The molecule has 3 aliphatic heterocycles. The van der Waals surface area contributed by atoms with Crippen LogP contribution in [0.4, 0.5) is 5.69 Å². The molecule has 2 amide bonds. The average molecular weight is 422 g/mol. The third kappa shape index (κ3) is 3.73. The molecule has 0 unspecified atom stereocenters. The molecule has 0 bridgehead atoms. The van der Waals surface area contributed by atoms with Gasteiger partial charge in [-0.3, -0.25) is 9.59 Å². The maximum absolute atomic E-state index is 13.5. The molecule has 1 N–H and O–H groups in total. The zero-order valence-electron chi connectivity index (χ0n) is 16.8. The number of carbonyl (C=O) groups is 2. The van der Waals surface area contributed by atoms with E-state index in [-0.39, 0.29) is 23.3 Å². The van der Waals surface area contributed by atoms with E-state index in [1.54, 1.807) is 13.0 Å². The Kier molecular flexibility index (Phi) is 5.29. The Labute approximate surface area is 171 Å². The number of likely N-dealkylation sites (tertiary alicyclic amines) is 1. The summed E-state index contributed by atoms with van der Waals surface area (Å²) >= 11 is 0. The summed E-state index contributed by atoms with van der Waals surface area (Å²) in [6.45, 7) is 5.43. The van der Waals surface area contributed by atoms with Crippen molar-refractivity contribution in [3.05, 3.63) is 17.7 Å². The van der Waals surface area contributed by atoms with Crippen molar-refractivity contribution in [1.29, 1.82) is 0 Å². The summed E-state index contributed by atoms with van der Waals surface area (Å²) in [6, 6.07) is 2.42. The van der Waals surface area contributed by atoms with Crippen LogP contribution in [0.3, 0.4) is 0 Å². The molecular weight excluding hydrogens is 394 g/mol. The highest BCUT2D eigenvalue weighted by atomic mass is 32.2. The van der Waals surface area contributed by atoms with Gasteiger partial charge < -0.3 is 15.0 Å². The van der Waals surface area contributed by atoms with E-state index in [0.29, 0.717) is 55.4 Å². The molecule has 1 aromatic rings. The molecule has 0 spiro atoms. The van der Waals surface area contributed by atoms with E-state index in [1.165, 1.54) is 10.4 Å². The van der Waals surface area contributed by atoms with E-state index in [1.807, 2.05) is 4.90 Å². The lowest BCUT2D eigenvalue weighted by molar-refractivity contribution is -0.136. The molecule has 8 nitrogen and oxygen atoms in total. The van der Waals surface area contributed by atoms with Gasteiger partial charge in [-0.05, 0) is 50.2 Å². The van der Waals surface area contributed by atoms with Crippen LogP contribution in [0.1, 0.15) is 38.2 Å². The van der Waals surface area contributed by atoms with E-state index in [0.717, 1.165) is 12.8 Å². The van der Waals surface area contributed by atoms with Crippen molar-refractivity contribution < 1.29 is 22.7 Å². The third-order valence-electron chi connectivity index (χ3n) is 6.08. The summed E-state index contributed by atoms with van der Waals surface area (Å²) in [5.41, 5.74) is 0.980. The molecule has 0 saturated carbocycles. The number of sulfonamides is 1. The lowest BCUT2D eigenvalue weighted by Gasteiger charge is -2.34. The summed E-state index contributed by atoms with van der Waals surface area (Å²) in [4.78, 5) is 26.5. The molecule has 2 fully saturated rings. The minimum atomic E-state index is -3.87. The van der Waals surface area contributed by atoms with Crippen molar-refractivity contribution in [2.75, 3.05) is 31.6 Å². The van der Waals surface area contributed by atoms with E-state index < -0.39 is 16.1 Å². The van der Waals surface area contributed by atoms with Gasteiger partial charge >= 0.3 is 0 Å².